The summed E-state index contributed by atoms with van der Waals surface area (Å²) in [4.78, 5) is 15.0. The lowest BCUT2D eigenvalue weighted by molar-refractivity contribution is 0.622. The molecule has 0 spiro atoms. The summed E-state index contributed by atoms with van der Waals surface area (Å²) in [5.74, 6) is -0.234. The maximum Gasteiger partial charge on any atom is 0.166 e. The Balaban J connectivity index is 2.05. The Morgan fingerprint density at radius 2 is 2.00 bits per heavy atom. The first kappa shape index (κ1) is 13.0. The number of H-pyrrole nitrogens is 1. The van der Waals surface area contributed by atoms with E-state index in [0.717, 1.165) is 11.3 Å². The quantitative estimate of drug-likeness (QED) is 0.729. The fourth-order valence-electron chi connectivity index (χ4n) is 1.74. The van der Waals surface area contributed by atoms with Gasteiger partial charge in [-0.1, -0.05) is 23.2 Å². The molecular weight excluding hydrogens is 302 g/mol. The van der Waals surface area contributed by atoms with Crippen LogP contribution in [0.25, 0.3) is 22.6 Å². The zero-order valence-electron chi connectivity index (χ0n) is 9.94. The summed E-state index contributed by atoms with van der Waals surface area (Å²) in [5, 5.41) is -0.179. The third kappa shape index (κ3) is 2.37. The van der Waals surface area contributed by atoms with E-state index in [1.54, 1.807) is 18.6 Å². The van der Waals surface area contributed by atoms with Gasteiger partial charge in [-0.05, 0) is 18.2 Å². The molecule has 0 aliphatic heterocycles. The third-order valence-corrected chi connectivity index (χ3v) is 3.24. The van der Waals surface area contributed by atoms with Crippen molar-refractivity contribution >= 4 is 23.2 Å². The van der Waals surface area contributed by atoms with Crippen LogP contribution in [-0.4, -0.2) is 19.9 Å². The maximum absolute atomic E-state index is 13.5. The molecule has 0 saturated carbocycles. The van der Waals surface area contributed by atoms with E-state index in [9.17, 15) is 4.39 Å². The summed E-state index contributed by atoms with van der Waals surface area (Å²) in [6.45, 7) is 0. The van der Waals surface area contributed by atoms with Crippen molar-refractivity contribution in [3.05, 3.63) is 52.9 Å². The van der Waals surface area contributed by atoms with Crippen LogP contribution < -0.4 is 0 Å². The second kappa shape index (κ2) is 5.19. The highest BCUT2D eigenvalue weighted by Gasteiger charge is 2.14. The molecule has 4 nitrogen and oxygen atoms in total. The van der Waals surface area contributed by atoms with E-state index in [0.29, 0.717) is 11.4 Å². The van der Waals surface area contributed by atoms with Crippen molar-refractivity contribution in [2.24, 2.45) is 0 Å². The highest BCUT2D eigenvalue weighted by Crippen LogP contribution is 2.29. The Kier molecular flexibility index (Phi) is 3.38. The fraction of sp³-hybridized carbons (Fsp3) is 0. The zero-order valence-corrected chi connectivity index (χ0v) is 11.5. The number of nitrogens with zero attached hydrogens (tertiary/aromatic N) is 3. The average molecular weight is 309 g/mol. The van der Waals surface area contributed by atoms with Crippen molar-refractivity contribution in [2.75, 3.05) is 0 Å². The minimum atomic E-state index is -0.648. The van der Waals surface area contributed by atoms with E-state index >= 15 is 0 Å². The van der Waals surface area contributed by atoms with Gasteiger partial charge in [-0.2, -0.15) is 0 Å². The van der Waals surface area contributed by atoms with E-state index in [1.807, 2.05) is 12.1 Å². The van der Waals surface area contributed by atoms with Crippen molar-refractivity contribution in [1.82, 2.24) is 19.9 Å². The third-order valence-electron chi connectivity index (χ3n) is 2.69. The lowest BCUT2D eigenvalue weighted by Gasteiger charge is -2.02. The second-order valence-corrected chi connectivity index (χ2v) is 4.70. The van der Waals surface area contributed by atoms with Gasteiger partial charge in [0.25, 0.3) is 0 Å². The number of rotatable bonds is 2. The van der Waals surface area contributed by atoms with Crippen LogP contribution in [0.2, 0.25) is 10.3 Å². The van der Waals surface area contributed by atoms with Crippen molar-refractivity contribution < 1.29 is 4.39 Å². The first-order valence-electron chi connectivity index (χ1n) is 5.62. The van der Waals surface area contributed by atoms with Crippen LogP contribution in [0.4, 0.5) is 4.39 Å². The number of aromatic nitrogens is 4. The van der Waals surface area contributed by atoms with Crippen molar-refractivity contribution in [3.63, 3.8) is 0 Å². The smallest absolute Gasteiger partial charge is 0.166 e. The van der Waals surface area contributed by atoms with Crippen LogP contribution in [0.15, 0.2) is 36.8 Å². The molecule has 0 atom stereocenters. The second-order valence-electron chi connectivity index (χ2n) is 3.99. The molecule has 7 heteroatoms. The molecule has 100 valence electrons. The van der Waals surface area contributed by atoms with E-state index in [1.165, 1.54) is 6.07 Å². The van der Waals surface area contributed by atoms with Crippen LogP contribution in [0.1, 0.15) is 0 Å². The molecule has 0 aliphatic carbocycles. The molecule has 1 N–H and O–H groups in total. The molecule has 0 aromatic carbocycles. The summed E-state index contributed by atoms with van der Waals surface area (Å²) in [6.07, 6.45) is 4.99. The molecule has 3 heterocycles. The number of imidazole rings is 1. The minimum absolute atomic E-state index is 0.0866. The lowest BCUT2D eigenvalue weighted by atomic mass is 10.2. The van der Waals surface area contributed by atoms with Gasteiger partial charge in [0.15, 0.2) is 11.0 Å². The molecule has 3 rings (SSSR count). The topological polar surface area (TPSA) is 54.5 Å². The van der Waals surface area contributed by atoms with Crippen molar-refractivity contribution in [2.45, 2.75) is 0 Å². The Labute approximate surface area is 123 Å². The van der Waals surface area contributed by atoms with Gasteiger partial charge in [-0.15, -0.1) is 0 Å². The normalized spacial score (nSPS) is 10.8. The molecule has 3 aromatic rings. The van der Waals surface area contributed by atoms with Crippen LogP contribution in [0, 0.1) is 5.82 Å². The molecule has 3 aromatic heterocycles. The van der Waals surface area contributed by atoms with Gasteiger partial charge in [-0.25, -0.2) is 14.4 Å². The standard InChI is InChI=1S/C13H7Cl2FN4/c14-11-8(4-9(16)12(15)20-11)13-18-6-10(19-13)7-2-1-3-17-5-7/h1-6H,(H,18,19). The first-order valence-corrected chi connectivity index (χ1v) is 6.38. The molecule has 0 radical (unpaired) electrons. The number of pyridine rings is 2. The minimum Gasteiger partial charge on any atom is -0.338 e. The monoisotopic (exact) mass is 308 g/mol. The van der Waals surface area contributed by atoms with Crippen molar-refractivity contribution in [3.8, 4) is 22.6 Å². The Bertz CT molecular complexity index is 758. The summed E-state index contributed by atoms with van der Waals surface area (Å²) >= 11 is 11.5. The van der Waals surface area contributed by atoms with Crippen LogP contribution in [0.3, 0.4) is 0 Å². The van der Waals surface area contributed by atoms with Crippen molar-refractivity contribution in [1.29, 1.82) is 0 Å². The predicted molar refractivity (Wildman–Crippen MR) is 75.0 cm³/mol. The molecule has 0 amide bonds. The largest absolute Gasteiger partial charge is 0.338 e. The molecule has 0 aliphatic rings. The van der Waals surface area contributed by atoms with Gasteiger partial charge in [-0.3, -0.25) is 4.98 Å². The Morgan fingerprint density at radius 3 is 2.75 bits per heavy atom. The van der Waals surface area contributed by atoms with E-state index in [2.05, 4.69) is 19.9 Å². The van der Waals surface area contributed by atoms with Gasteiger partial charge in [0.05, 0.1) is 17.5 Å². The Morgan fingerprint density at radius 1 is 1.15 bits per heavy atom. The summed E-state index contributed by atoms with van der Waals surface area (Å²) in [5.41, 5.74) is 1.97. The number of hydrogen-bond donors (Lipinski definition) is 1. The summed E-state index contributed by atoms with van der Waals surface area (Å²) in [7, 11) is 0. The number of hydrogen-bond acceptors (Lipinski definition) is 3. The van der Waals surface area contributed by atoms with Gasteiger partial charge >= 0.3 is 0 Å². The van der Waals surface area contributed by atoms with Gasteiger partial charge in [0.2, 0.25) is 0 Å². The molecule has 0 unspecified atom stereocenters. The van der Waals surface area contributed by atoms with Gasteiger partial charge in [0, 0.05) is 18.0 Å². The average Bonchev–Trinajstić information content (AvgIpc) is 2.93. The maximum atomic E-state index is 13.5. The highest BCUT2D eigenvalue weighted by atomic mass is 35.5. The first-order chi connectivity index (χ1) is 9.65. The van der Waals surface area contributed by atoms with E-state index in [-0.39, 0.29) is 10.3 Å². The predicted octanol–water partition coefficient (Wildman–Crippen LogP) is 3.98. The number of halogens is 3. The van der Waals surface area contributed by atoms with Gasteiger partial charge in [0.1, 0.15) is 11.0 Å². The van der Waals surface area contributed by atoms with Crippen LogP contribution >= 0.6 is 23.2 Å². The molecule has 20 heavy (non-hydrogen) atoms. The van der Waals surface area contributed by atoms with E-state index < -0.39 is 5.82 Å². The SMILES string of the molecule is Fc1cc(-c2ncc(-c3cccnc3)[nH]2)c(Cl)nc1Cl. The summed E-state index contributed by atoms with van der Waals surface area (Å²) in [6, 6.07) is 4.89. The lowest BCUT2D eigenvalue weighted by Crippen LogP contribution is -1.90. The van der Waals surface area contributed by atoms with Crippen LogP contribution in [0.5, 0.6) is 0 Å². The molecule has 0 bridgehead atoms. The molecule has 0 fully saturated rings. The Hall–Kier alpha value is -1.98. The number of aromatic amines is 1. The molecule has 0 saturated heterocycles. The zero-order chi connectivity index (χ0) is 14.1. The fourth-order valence-corrected chi connectivity index (χ4v) is 2.15. The van der Waals surface area contributed by atoms with Gasteiger partial charge < -0.3 is 4.98 Å². The molecular formula is C13H7Cl2FN4. The van der Waals surface area contributed by atoms with Crippen LogP contribution in [-0.2, 0) is 0 Å². The number of nitrogens with one attached hydrogen (secondary N) is 1. The highest BCUT2D eigenvalue weighted by molar-refractivity contribution is 6.34. The summed E-state index contributed by atoms with van der Waals surface area (Å²) < 4.78 is 13.5. The van der Waals surface area contributed by atoms with E-state index in [4.69, 9.17) is 23.2 Å².